The zero-order valence-electron chi connectivity index (χ0n) is 25.9. The number of hydrogen-bond acceptors (Lipinski definition) is 10. The number of alkyl halides is 5. The zero-order valence-corrected chi connectivity index (χ0v) is 27.6. The number of thioether (sulfide) groups is 1. The lowest BCUT2D eigenvalue weighted by atomic mass is 9.94. The van der Waals surface area contributed by atoms with E-state index in [1.807, 2.05) is 24.5 Å². The Morgan fingerprint density at radius 3 is 2.68 bits per heavy atom. The maximum Gasteiger partial charge on any atom is 0.397 e. The lowest BCUT2D eigenvalue weighted by molar-refractivity contribution is -0.219. The smallest absolute Gasteiger partial charge is 0.397 e. The van der Waals surface area contributed by atoms with Crippen LogP contribution in [0.4, 0.5) is 33.6 Å². The van der Waals surface area contributed by atoms with Gasteiger partial charge in [0.2, 0.25) is 5.88 Å². The van der Waals surface area contributed by atoms with E-state index in [9.17, 15) is 13.2 Å². The Bertz CT molecular complexity index is 1650. The fourth-order valence-corrected chi connectivity index (χ4v) is 5.54. The van der Waals surface area contributed by atoms with Crippen molar-refractivity contribution in [2.45, 2.75) is 37.4 Å². The first-order valence-electron chi connectivity index (χ1n) is 14.7. The topological polar surface area (TPSA) is 90.2 Å². The molecule has 0 fully saturated rings. The fourth-order valence-electron chi connectivity index (χ4n) is 4.55. The lowest BCUT2D eigenvalue weighted by Crippen LogP contribution is -2.37. The molecular formula is C31H34F5N7O2S2. The molecule has 0 spiro atoms. The van der Waals surface area contributed by atoms with Crippen LogP contribution in [0, 0.1) is 5.41 Å². The number of nitrogens with zero attached hydrogens (tertiary/aromatic N) is 6. The van der Waals surface area contributed by atoms with Crippen molar-refractivity contribution in [3.05, 3.63) is 66.5 Å². The van der Waals surface area contributed by atoms with Crippen molar-refractivity contribution in [3.63, 3.8) is 0 Å². The van der Waals surface area contributed by atoms with Gasteiger partial charge in [0.15, 0.2) is 11.6 Å². The summed E-state index contributed by atoms with van der Waals surface area (Å²) in [7, 11) is 0. The number of benzene rings is 1. The van der Waals surface area contributed by atoms with E-state index in [2.05, 4.69) is 24.7 Å². The van der Waals surface area contributed by atoms with Crippen molar-refractivity contribution in [2.75, 3.05) is 54.5 Å². The molecule has 0 saturated heterocycles. The molecule has 0 aliphatic carbocycles. The number of hydrogen-bond donors (Lipinski definition) is 1. The van der Waals surface area contributed by atoms with Crippen molar-refractivity contribution in [1.82, 2.24) is 24.7 Å². The highest BCUT2D eigenvalue weighted by molar-refractivity contribution is 8.00. The molecule has 3 aromatic heterocycles. The highest BCUT2D eigenvalue weighted by Gasteiger charge is 2.48. The third kappa shape index (κ3) is 8.46. The van der Waals surface area contributed by atoms with E-state index in [0.29, 0.717) is 18.0 Å². The number of halogens is 5. The van der Waals surface area contributed by atoms with Crippen molar-refractivity contribution in [1.29, 1.82) is 0 Å². The molecule has 4 heterocycles. The van der Waals surface area contributed by atoms with E-state index >= 15 is 8.78 Å². The zero-order chi connectivity index (χ0) is 33.7. The Morgan fingerprint density at radius 2 is 1.89 bits per heavy atom. The summed E-state index contributed by atoms with van der Waals surface area (Å²) in [6.07, 6.45) is 0.876. The molecule has 252 valence electrons. The van der Waals surface area contributed by atoms with Crippen LogP contribution < -0.4 is 14.4 Å². The first-order chi connectivity index (χ1) is 22.4. The van der Waals surface area contributed by atoms with Gasteiger partial charge in [-0.15, -0.1) is 5.10 Å². The van der Waals surface area contributed by atoms with Crippen molar-refractivity contribution in [3.8, 4) is 23.0 Å². The second-order valence-electron chi connectivity index (χ2n) is 11.4. The molecule has 1 aliphatic heterocycles. The van der Waals surface area contributed by atoms with Gasteiger partial charge in [0.25, 0.3) is 5.92 Å². The highest BCUT2D eigenvalue weighted by atomic mass is 32.2. The maximum absolute atomic E-state index is 15.8. The normalized spacial score (nSPS) is 15.8. The predicted molar refractivity (Wildman–Crippen MR) is 174 cm³/mol. The fraction of sp³-hybridized carbons (Fsp3) is 0.419. The number of rotatable bonds is 7. The standard InChI is InChI=1S/C31H34F5N7O2S2/c1-29(2,31(34,35)36)19-45-25-12-14-43(40-25)28-27-21-8-4-5-9-22(21)30(32,33)20-44-16-7-13-42(15-17-46-3)24-10-6-11-26(39-24)47-41-23(38-27)18-37-28/h4-6,8-12,14,18H,7,13,15-17,19-20H2,1-3H3,(H,38,41). The predicted octanol–water partition coefficient (Wildman–Crippen LogP) is 7.49. The quantitative estimate of drug-likeness (QED) is 0.155. The largest absolute Gasteiger partial charge is 0.476 e. The van der Waals surface area contributed by atoms with Gasteiger partial charge in [0.05, 0.1) is 11.6 Å². The first kappa shape index (κ1) is 34.7. The average molecular weight is 696 g/mol. The Kier molecular flexibility index (Phi) is 10.8. The summed E-state index contributed by atoms with van der Waals surface area (Å²) in [4.78, 5) is 16.0. The summed E-state index contributed by atoms with van der Waals surface area (Å²) in [6.45, 7) is 1.95. The number of fused-ring (bicyclic) bond motifs is 6. The van der Waals surface area contributed by atoms with Crippen LogP contribution in [0.25, 0.3) is 17.1 Å². The summed E-state index contributed by atoms with van der Waals surface area (Å²) in [5.74, 6) is -1.54. The van der Waals surface area contributed by atoms with Gasteiger partial charge in [-0.1, -0.05) is 30.3 Å². The van der Waals surface area contributed by atoms with Crippen molar-refractivity contribution >= 4 is 35.3 Å². The van der Waals surface area contributed by atoms with Gasteiger partial charge in [-0.05, 0) is 38.7 Å². The molecule has 1 N–H and O–H groups in total. The molecule has 9 nitrogen and oxygen atoms in total. The number of anilines is 2. The SMILES string of the molecule is CSCCN1CCCOCC(F)(F)c2ccccc2-c2nc(cnc2-n2ccc(OCC(C)(C)C(F)(F)F)n2)NSc2cccc1n2. The molecule has 47 heavy (non-hydrogen) atoms. The van der Waals surface area contributed by atoms with Gasteiger partial charge in [-0.25, -0.2) is 19.6 Å². The summed E-state index contributed by atoms with van der Waals surface area (Å²) in [5.41, 5.74) is -2.30. The molecule has 0 saturated carbocycles. The van der Waals surface area contributed by atoms with E-state index in [0.717, 1.165) is 32.0 Å². The molecule has 0 amide bonds. The lowest BCUT2D eigenvalue weighted by Gasteiger charge is -2.26. The minimum Gasteiger partial charge on any atom is -0.476 e. The number of pyridine rings is 1. The van der Waals surface area contributed by atoms with Gasteiger partial charge in [-0.2, -0.15) is 33.7 Å². The molecule has 0 atom stereocenters. The minimum atomic E-state index is -4.49. The monoisotopic (exact) mass is 695 g/mol. The van der Waals surface area contributed by atoms with Crippen LogP contribution in [-0.4, -0.2) is 75.8 Å². The molecular weight excluding hydrogens is 662 g/mol. The van der Waals surface area contributed by atoms with E-state index in [-0.39, 0.29) is 40.9 Å². The molecule has 1 aliphatic rings. The van der Waals surface area contributed by atoms with Crippen molar-refractivity contribution < 1.29 is 31.4 Å². The second kappa shape index (κ2) is 14.6. The third-order valence-corrected chi connectivity index (χ3v) is 8.66. The Labute approximate surface area is 277 Å². The van der Waals surface area contributed by atoms with Gasteiger partial charge in [-0.3, -0.25) is 0 Å². The van der Waals surface area contributed by atoms with Crippen LogP contribution in [0.15, 0.2) is 66.0 Å². The molecule has 1 aromatic carbocycles. The van der Waals surface area contributed by atoms with Crippen LogP contribution in [0.5, 0.6) is 5.88 Å². The Balaban J connectivity index is 1.53. The molecule has 0 radical (unpaired) electrons. The first-order valence-corrected chi connectivity index (χ1v) is 16.9. The van der Waals surface area contributed by atoms with Gasteiger partial charge < -0.3 is 19.1 Å². The average Bonchev–Trinajstić information content (AvgIpc) is 3.52. The third-order valence-electron chi connectivity index (χ3n) is 7.32. The Hall–Kier alpha value is -3.63. The highest BCUT2D eigenvalue weighted by Crippen LogP contribution is 2.39. The molecule has 4 aromatic rings. The number of nitrogens with one attached hydrogen (secondary N) is 1. The van der Waals surface area contributed by atoms with Crippen LogP contribution >= 0.6 is 23.7 Å². The van der Waals surface area contributed by atoms with E-state index in [1.165, 1.54) is 53.3 Å². The molecule has 0 unspecified atom stereocenters. The van der Waals surface area contributed by atoms with E-state index in [4.69, 9.17) is 14.5 Å². The Morgan fingerprint density at radius 1 is 1.09 bits per heavy atom. The summed E-state index contributed by atoms with van der Waals surface area (Å²) in [5, 5.41) is 4.90. The molecule has 4 bridgehead atoms. The number of ether oxygens (including phenoxy) is 2. The van der Waals surface area contributed by atoms with Gasteiger partial charge in [0.1, 0.15) is 29.8 Å². The van der Waals surface area contributed by atoms with Crippen LogP contribution in [0.2, 0.25) is 0 Å². The van der Waals surface area contributed by atoms with E-state index < -0.39 is 30.7 Å². The minimum absolute atomic E-state index is 0.0606. The number of aromatic nitrogens is 5. The van der Waals surface area contributed by atoms with E-state index in [1.54, 1.807) is 17.8 Å². The van der Waals surface area contributed by atoms with Gasteiger partial charge >= 0.3 is 6.18 Å². The van der Waals surface area contributed by atoms with Gasteiger partial charge in [0, 0.05) is 60.8 Å². The summed E-state index contributed by atoms with van der Waals surface area (Å²) < 4.78 is 87.0. The summed E-state index contributed by atoms with van der Waals surface area (Å²) >= 11 is 2.90. The summed E-state index contributed by atoms with van der Waals surface area (Å²) in [6, 6.07) is 12.9. The second-order valence-corrected chi connectivity index (χ2v) is 13.2. The molecule has 5 rings (SSSR count). The molecule has 16 heteroatoms. The van der Waals surface area contributed by atoms with Crippen LogP contribution in [0.3, 0.4) is 0 Å². The maximum atomic E-state index is 15.8. The van der Waals surface area contributed by atoms with Crippen LogP contribution in [0.1, 0.15) is 25.8 Å². The van der Waals surface area contributed by atoms with Crippen LogP contribution in [-0.2, 0) is 10.7 Å². The van der Waals surface area contributed by atoms with Crippen molar-refractivity contribution in [2.24, 2.45) is 5.41 Å².